The number of ether oxygens (including phenoxy) is 1. The first-order valence-corrected chi connectivity index (χ1v) is 16.5. The Bertz CT molecular complexity index is 1780. The lowest BCUT2D eigenvalue weighted by molar-refractivity contribution is -0.130. The highest BCUT2D eigenvalue weighted by Gasteiger charge is 2.30. The van der Waals surface area contributed by atoms with Gasteiger partial charge in [0.1, 0.15) is 11.6 Å². The number of aromatic amines is 1. The van der Waals surface area contributed by atoms with Crippen molar-refractivity contribution < 1.29 is 19.1 Å². The Hall–Kier alpha value is -5.57. The third kappa shape index (κ3) is 9.73. The predicted molar refractivity (Wildman–Crippen MR) is 185 cm³/mol. The Labute approximate surface area is 286 Å². The maximum atomic E-state index is 13.7. The molecule has 49 heavy (non-hydrogen) atoms. The minimum absolute atomic E-state index is 0.156. The summed E-state index contributed by atoms with van der Waals surface area (Å²) in [7, 11) is 0. The van der Waals surface area contributed by atoms with Crippen LogP contribution in [0.3, 0.4) is 0 Å². The fraction of sp³-hybridized carbons (Fsp3) is 0.378. The number of nitrogens with one attached hydrogen (secondary N) is 4. The standard InChI is InChI=1S/C37H42N8O4/c1-23-19-26(21-38)9-18-31(23)27-10-5-24(6-11-27)20-32(35(47)40-30-16-14-28(15-17-30)33-42-44-45-43-33)41-34(46)29-12-7-25(8-13-29)22-39-36(48)49-37(2,3)4/h5-6,9-11,14-19,25,29,32H,7-8,12-13,20,22H2,1-4H3,(H,39,48)(H,40,47)(H,41,46)(H,42,43,44,45)/t25?,29?,32-/m0/s1. The summed E-state index contributed by atoms with van der Waals surface area (Å²) in [4.78, 5) is 39.3. The summed E-state index contributed by atoms with van der Waals surface area (Å²) in [6.45, 7) is 7.94. The van der Waals surface area contributed by atoms with Crippen LogP contribution in [0, 0.1) is 30.1 Å². The molecule has 1 heterocycles. The molecule has 1 atom stereocenters. The number of hydrogen-bond donors (Lipinski definition) is 4. The Morgan fingerprint density at radius 2 is 1.67 bits per heavy atom. The molecule has 1 aromatic heterocycles. The third-order valence-electron chi connectivity index (χ3n) is 8.60. The second kappa shape index (κ2) is 15.6. The van der Waals surface area contributed by atoms with Gasteiger partial charge in [-0.3, -0.25) is 9.59 Å². The number of rotatable bonds is 10. The summed E-state index contributed by atoms with van der Waals surface area (Å²) < 4.78 is 5.34. The molecule has 12 heteroatoms. The van der Waals surface area contributed by atoms with E-state index in [0.717, 1.165) is 40.7 Å². The Morgan fingerprint density at radius 3 is 2.29 bits per heavy atom. The first-order valence-electron chi connectivity index (χ1n) is 16.5. The molecule has 0 aliphatic heterocycles. The molecule has 1 saturated carbocycles. The summed E-state index contributed by atoms with van der Waals surface area (Å²) in [5, 5.41) is 32.0. The number of aromatic nitrogens is 4. The third-order valence-corrected chi connectivity index (χ3v) is 8.60. The molecule has 3 amide bonds. The molecule has 3 aromatic carbocycles. The highest BCUT2D eigenvalue weighted by molar-refractivity contribution is 5.97. The second-order valence-corrected chi connectivity index (χ2v) is 13.5. The van der Waals surface area contributed by atoms with Crippen LogP contribution in [0.4, 0.5) is 10.5 Å². The summed E-state index contributed by atoms with van der Waals surface area (Å²) in [6.07, 6.45) is 2.75. The Balaban J connectivity index is 1.24. The number of carbonyl (C=O) groups is 3. The van der Waals surface area contributed by atoms with Crippen molar-refractivity contribution in [3.63, 3.8) is 0 Å². The van der Waals surface area contributed by atoms with E-state index in [4.69, 9.17) is 4.74 Å². The zero-order valence-electron chi connectivity index (χ0n) is 28.2. The van der Waals surface area contributed by atoms with E-state index in [0.29, 0.717) is 42.9 Å². The van der Waals surface area contributed by atoms with Crippen LogP contribution < -0.4 is 16.0 Å². The van der Waals surface area contributed by atoms with Gasteiger partial charge < -0.3 is 20.7 Å². The molecule has 0 radical (unpaired) electrons. The number of hydrogen-bond acceptors (Lipinski definition) is 8. The molecular weight excluding hydrogens is 620 g/mol. The van der Waals surface area contributed by atoms with Gasteiger partial charge in [0.2, 0.25) is 17.6 Å². The van der Waals surface area contributed by atoms with Gasteiger partial charge in [0, 0.05) is 30.1 Å². The number of carbonyl (C=O) groups excluding carboxylic acids is 3. The number of anilines is 1. The molecule has 1 aliphatic rings. The first kappa shape index (κ1) is 34.8. The number of alkyl carbamates (subject to hydrolysis) is 1. The number of nitriles is 1. The van der Waals surface area contributed by atoms with E-state index in [-0.39, 0.29) is 23.7 Å². The van der Waals surface area contributed by atoms with Gasteiger partial charge in [-0.15, -0.1) is 10.2 Å². The van der Waals surface area contributed by atoms with Crippen LogP contribution >= 0.6 is 0 Å². The lowest BCUT2D eigenvalue weighted by Crippen LogP contribution is -2.48. The zero-order chi connectivity index (χ0) is 35.0. The molecule has 4 aromatic rings. The lowest BCUT2D eigenvalue weighted by atomic mass is 9.81. The molecule has 1 aliphatic carbocycles. The van der Waals surface area contributed by atoms with Gasteiger partial charge in [-0.2, -0.15) is 10.5 Å². The monoisotopic (exact) mass is 662 g/mol. The van der Waals surface area contributed by atoms with E-state index >= 15 is 0 Å². The van der Waals surface area contributed by atoms with Crippen LogP contribution in [0.15, 0.2) is 66.7 Å². The van der Waals surface area contributed by atoms with Gasteiger partial charge in [0.05, 0.1) is 11.6 Å². The highest BCUT2D eigenvalue weighted by Crippen LogP contribution is 2.29. The molecule has 0 unspecified atom stereocenters. The summed E-state index contributed by atoms with van der Waals surface area (Å²) in [5.74, 6) is -0.0229. The van der Waals surface area contributed by atoms with Crippen molar-refractivity contribution in [1.29, 1.82) is 5.26 Å². The van der Waals surface area contributed by atoms with Crippen molar-refractivity contribution >= 4 is 23.6 Å². The van der Waals surface area contributed by atoms with Gasteiger partial charge in [0.15, 0.2) is 0 Å². The van der Waals surface area contributed by atoms with E-state index < -0.39 is 17.7 Å². The van der Waals surface area contributed by atoms with Crippen molar-refractivity contribution in [3.8, 4) is 28.6 Å². The summed E-state index contributed by atoms with van der Waals surface area (Å²) in [6, 6.07) is 21.9. The van der Waals surface area contributed by atoms with Gasteiger partial charge in [0.25, 0.3) is 0 Å². The number of amides is 3. The largest absolute Gasteiger partial charge is 0.444 e. The molecule has 0 saturated heterocycles. The topological polar surface area (TPSA) is 175 Å². The van der Waals surface area contributed by atoms with Crippen molar-refractivity contribution in [2.45, 2.75) is 71.4 Å². The zero-order valence-corrected chi connectivity index (χ0v) is 28.2. The number of tetrazole rings is 1. The molecule has 1 fully saturated rings. The van der Waals surface area contributed by atoms with Crippen LogP contribution in [-0.2, 0) is 20.7 Å². The normalized spacial score (nSPS) is 16.6. The van der Waals surface area contributed by atoms with Crippen molar-refractivity contribution in [2.75, 3.05) is 11.9 Å². The lowest BCUT2D eigenvalue weighted by Gasteiger charge is -2.29. The van der Waals surface area contributed by atoms with Crippen LogP contribution in [0.25, 0.3) is 22.5 Å². The first-order chi connectivity index (χ1) is 23.5. The Kier molecular flexibility index (Phi) is 11.0. The molecule has 4 N–H and O–H groups in total. The summed E-state index contributed by atoms with van der Waals surface area (Å²) >= 11 is 0. The van der Waals surface area contributed by atoms with E-state index in [9.17, 15) is 19.6 Å². The van der Waals surface area contributed by atoms with Gasteiger partial charge in [-0.25, -0.2) is 4.79 Å². The molecule has 12 nitrogen and oxygen atoms in total. The van der Waals surface area contributed by atoms with Crippen LogP contribution in [-0.4, -0.2) is 56.7 Å². The fourth-order valence-electron chi connectivity index (χ4n) is 6.00. The predicted octanol–water partition coefficient (Wildman–Crippen LogP) is 5.71. The van der Waals surface area contributed by atoms with E-state index in [2.05, 4.69) is 42.6 Å². The molecular formula is C37H42N8O4. The Morgan fingerprint density at radius 1 is 0.980 bits per heavy atom. The fourth-order valence-corrected chi connectivity index (χ4v) is 6.00. The number of aryl methyl sites for hydroxylation is 1. The molecule has 254 valence electrons. The number of H-pyrrole nitrogens is 1. The minimum Gasteiger partial charge on any atom is -0.444 e. The van der Waals surface area contributed by atoms with E-state index in [1.165, 1.54) is 0 Å². The molecule has 0 spiro atoms. The van der Waals surface area contributed by atoms with Crippen molar-refractivity contribution in [3.05, 3.63) is 83.4 Å². The van der Waals surface area contributed by atoms with Crippen molar-refractivity contribution in [2.24, 2.45) is 11.8 Å². The minimum atomic E-state index is -0.821. The summed E-state index contributed by atoms with van der Waals surface area (Å²) in [5.41, 5.74) is 5.26. The maximum Gasteiger partial charge on any atom is 0.407 e. The highest BCUT2D eigenvalue weighted by atomic mass is 16.6. The average molecular weight is 663 g/mol. The van der Waals surface area contributed by atoms with Gasteiger partial charge in [-0.05, 0) is 123 Å². The molecule has 0 bridgehead atoms. The van der Waals surface area contributed by atoms with E-state index in [1.54, 1.807) is 30.3 Å². The smallest absolute Gasteiger partial charge is 0.407 e. The quantitative estimate of drug-likeness (QED) is 0.167. The van der Waals surface area contributed by atoms with Crippen LogP contribution in [0.2, 0.25) is 0 Å². The number of nitrogens with zero attached hydrogens (tertiary/aromatic N) is 4. The maximum absolute atomic E-state index is 13.7. The number of benzene rings is 3. The van der Waals surface area contributed by atoms with E-state index in [1.807, 2.05) is 64.1 Å². The van der Waals surface area contributed by atoms with Crippen LogP contribution in [0.1, 0.15) is 63.1 Å². The van der Waals surface area contributed by atoms with Gasteiger partial charge >= 0.3 is 6.09 Å². The SMILES string of the molecule is Cc1cc(C#N)ccc1-c1ccc(C[C@H](NC(=O)C2CCC(CNC(=O)OC(C)(C)C)CC2)C(=O)Nc2ccc(-c3nn[nH]n3)cc2)cc1. The van der Waals surface area contributed by atoms with Crippen molar-refractivity contribution in [1.82, 2.24) is 31.3 Å². The van der Waals surface area contributed by atoms with Gasteiger partial charge in [-0.1, -0.05) is 30.3 Å². The van der Waals surface area contributed by atoms with Crippen LogP contribution in [0.5, 0.6) is 0 Å². The second-order valence-electron chi connectivity index (χ2n) is 13.5. The average Bonchev–Trinajstić information content (AvgIpc) is 3.62. The molecule has 5 rings (SSSR count).